The molecule has 0 aliphatic heterocycles. The number of hydrogen-bond donors (Lipinski definition) is 0. The number of rotatable bonds is 6. The van der Waals surface area contributed by atoms with E-state index in [-0.39, 0.29) is 5.56 Å². The van der Waals surface area contributed by atoms with Gasteiger partial charge in [0.1, 0.15) is 11.0 Å². The fourth-order valence-electron chi connectivity index (χ4n) is 3.98. The van der Waals surface area contributed by atoms with E-state index in [1.54, 1.807) is 23.0 Å². The van der Waals surface area contributed by atoms with Crippen LogP contribution in [0.5, 0.6) is 0 Å². The summed E-state index contributed by atoms with van der Waals surface area (Å²) in [6, 6.07) is 13.5. The Morgan fingerprint density at radius 3 is 2.55 bits per heavy atom. The quantitative estimate of drug-likeness (QED) is 0.336. The van der Waals surface area contributed by atoms with E-state index in [2.05, 4.69) is 33.4 Å². The number of nitrogens with zero attached hydrogens (tertiary/aromatic N) is 6. The first-order valence-corrected chi connectivity index (χ1v) is 11.3. The van der Waals surface area contributed by atoms with Crippen molar-refractivity contribution in [1.82, 2.24) is 29.1 Å². The van der Waals surface area contributed by atoms with E-state index in [1.165, 1.54) is 6.20 Å². The highest BCUT2D eigenvalue weighted by Gasteiger charge is 2.16. The highest BCUT2D eigenvalue weighted by atomic mass is 35.5. The summed E-state index contributed by atoms with van der Waals surface area (Å²) in [5.41, 5.74) is 4.85. The Hall–Kier alpha value is -3.58. The van der Waals surface area contributed by atoms with E-state index in [4.69, 9.17) is 16.6 Å². The highest BCUT2D eigenvalue weighted by Crippen LogP contribution is 2.24. The zero-order valence-corrected chi connectivity index (χ0v) is 19.2. The van der Waals surface area contributed by atoms with E-state index in [9.17, 15) is 4.79 Å². The van der Waals surface area contributed by atoms with Gasteiger partial charge in [0.05, 0.1) is 29.3 Å². The summed E-state index contributed by atoms with van der Waals surface area (Å²) in [4.78, 5) is 30.5. The molecule has 0 N–H and O–H groups in total. The standard InChI is InChI=1S/C25H23ClN6O/c1-16(2)9-12-31-20-5-6-22(26)29-25(20)30-23(31)15-32-21-13-18(17-7-10-27-11-8-17)3-4-19(21)28-14-24(32)33/h3-8,10-11,13-14,16H,9,12,15H2,1-2H3. The highest BCUT2D eigenvalue weighted by molar-refractivity contribution is 6.29. The van der Waals surface area contributed by atoms with Gasteiger partial charge in [-0.1, -0.05) is 31.5 Å². The molecule has 0 fully saturated rings. The van der Waals surface area contributed by atoms with Crippen LogP contribution in [0.2, 0.25) is 5.15 Å². The van der Waals surface area contributed by atoms with E-state index in [0.29, 0.717) is 23.3 Å². The molecule has 5 aromatic rings. The monoisotopic (exact) mass is 458 g/mol. The van der Waals surface area contributed by atoms with E-state index >= 15 is 0 Å². The lowest BCUT2D eigenvalue weighted by atomic mass is 10.1. The van der Waals surface area contributed by atoms with Crippen LogP contribution in [0.25, 0.3) is 33.3 Å². The summed E-state index contributed by atoms with van der Waals surface area (Å²) in [7, 11) is 0. The lowest BCUT2D eigenvalue weighted by Gasteiger charge is -2.14. The molecule has 8 heteroatoms. The van der Waals surface area contributed by atoms with Crippen molar-refractivity contribution in [3.05, 3.63) is 82.4 Å². The number of aromatic nitrogens is 6. The van der Waals surface area contributed by atoms with E-state index in [1.807, 2.05) is 36.4 Å². The molecule has 0 spiro atoms. The average Bonchev–Trinajstić information content (AvgIpc) is 3.15. The largest absolute Gasteiger partial charge is 0.325 e. The molecule has 0 amide bonds. The summed E-state index contributed by atoms with van der Waals surface area (Å²) in [5.74, 6) is 1.30. The Balaban J connectivity index is 1.65. The van der Waals surface area contributed by atoms with Crippen LogP contribution in [0.1, 0.15) is 26.1 Å². The van der Waals surface area contributed by atoms with Crippen molar-refractivity contribution in [3.63, 3.8) is 0 Å². The third-order valence-corrected chi connectivity index (χ3v) is 5.96. The van der Waals surface area contributed by atoms with Gasteiger partial charge in [0.2, 0.25) is 0 Å². The van der Waals surface area contributed by atoms with Crippen molar-refractivity contribution in [3.8, 4) is 11.1 Å². The molecule has 5 rings (SSSR count). The van der Waals surface area contributed by atoms with Crippen LogP contribution in [0.15, 0.2) is 65.8 Å². The Labute approximate surface area is 195 Å². The third kappa shape index (κ3) is 4.24. The maximum atomic E-state index is 12.9. The zero-order valence-electron chi connectivity index (χ0n) is 18.4. The molecule has 0 unspecified atom stereocenters. The van der Waals surface area contributed by atoms with Crippen molar-refractivity contribution in [2.75, 3.05) is 0 Å². The fraction of sp³-hybridized carbons (Fsp3) is 0.240. The van der Waals surface area contributed by atoms with Gasteiger partial charge < -0.3 is 4.57 Å². The molecule has 0 saturated carbocycles. The Morgan fingerprint density at radius 2 is 1.76 bits per heavy atom. The van der Waals surface area contributed by atoms with Gasteiger partial charge in [-0.3, -0.25) is 14.3 Å². The van der Waals surface area contributed by atoms with Gasteiger partial charge in [0.15, 0.2) is 5.65 Å². The van der Waals surface area contributed by atoms with Crippen molar-refractivity contribution in [1.29, 1.82) is 0 Å². The Kier molecular flexibility index (Phi) is 5.64. The second-order valence-electron chi connectivity index (χ2n) is 8.46. The van der Waals surface area contributed by atoms with Gasteiger partial charge in [-0.25, -0.2) is 15.0 Å². The van der Waals surface area contributed by atoms with Gasteiger partial charge in [-0.05, 0) is 59.9 Å². The minimum atomic E-state index is -0.178. The van der Waals surface area contributed by atoms with Gasteiger partial charge in [-0.2, -0.15) is 0 Å². The number of benzene rings is 1. The number of halogens is 1. The molecule has 0 bridgehead atoms. The predicted octanol–water partition coefficient (Wildman–Crippen LogP) is 4.95. The first-order valence-electron chi connectivity index (χ1n) is 10.9. The minimum Gasteiger partial charge on any atom is -0.325 e. The number of aryl methyl sites for hydroxylation is 1. The van der Waals surface area contributed by atoms with Gasteiger partial charge in [0, 0.05) is 18.9 Å². The molecule has 7 nitrogen and oxygen atoms in total. The molecule has 4 heterocycles. The second-order valence-corrected chi connectivity index (χ2v) is 8.85. The minimum absolute atomic E-state index is 0.178. The zero-order chi connectivity index (χ0) is 22.9. The molecule has 0 radical (unpaired) electrons. The molecule has 0 aliphatic rings. The lowest BCUT2D eigenvalue weighted by molar-refractivity contribution is 0.507. The molecule has 0 aliphatic carbocycles. The topological polar surface area (TPSA) is 78.5 Å². The first-order chi connectivity index (χ1) is 16.0. The molecule has 4 aromatic heterocycles. The second kappa shape index (κ2) is 8.75. The third-order valence-electron chi connectivity index (χ3n) is 5.75. The maximum absolute atomic E-state index is 12.9. The van der Waals surface area contributed by atoms with Crippen molar-refractivity contribution in [2.24, 2.45) is 5.92 Å². The summed E-state index contributed by atoms with van der Waals surface area (Å²) in [6.45, 7) is 5.47. The normalized spacial score (nSPS) is 11.6. The van der Waals surface area contributed by atoms with Crippen molar-refractivity contribution < 1.29 is 0 Å². The van der Waals surface area contributed by atoms with Crippen molar-refractivity contribution >= 4 is 33.8 Å². The van der Waals surface area contributed by atoms with Gasteiger partial charge in [0.25, 0.3) is 5.56 Å². The summed E-state index contributed by atoms with van der Waals surface area (Å²) in [5, 5.41) is 0.399. The maximum Gasteiger partial charge on any atom is 0.269 e. The first kappa shape index (κ1) is 21.3. The predicted molar refractivity (Wildman–Crippen MR) is 130 cm³/mol. The molecule has 33 heavy (non-hydrogen) atoms. The number of fused-ring (bicyclic) bond motifs is 2. The molecular formula is C25H23ClN6O. The lowest BCUT2D eigenvalue weighted by Crippen LogP contribution is -2.23. The smallest absolute Gasteiger partial charge is 0.269 e. The molecule has 0 saturated heterocycles. The van der Waals surface area contributed by atoms with Crippen LogP contribution in [0, 0.1) is 5.92 Å². The van der Waals surface area contributed by atoms with Crippen LogP contribution in [0.4, 0.5) is 0 Å². The number of pyridine rings is 2. The summed E-state index contributed by atoms with van der Waals surface area (Å²) >= 11 is 6.12. The molecule has 0 atom stereocenters. The average molecular weight is 459 g/mol. The van der Waals surface area contributed by atoms with Crippen LogP contribution in [-0.4, -0.2) is 29.1 Å². The Morgan fingerprint density at radius 1 is 0.939 bits per heavy atom. The van der Waals surface area contributed by atoms with Crippen LogP contribution in [-0.2, 0) is 13.1 Å². The van der Waals surface area contributed by atoms with Gasteiger partial charge in [-0.15, -0.1) is 0 Å². The number of imidazole rings is 1. The van der Waals surface area contributed by atoms with Crippen molar-refractivity contribution in [2.45, 2.75) is 33.4 Å². The SMILES string of the molecule is CC(C)CCn1c(Cn2c(=O)cnc3ccc(-c4ccncc4)cc32)nc2nc(Cl)ccc21. The molecular weight excluding hydrogens is 436 g/mol. The Bertz CT molecular complexity index is 1510. The molecule has 166 valence electrons. The van der Waals surface area contributed by atoms with Crippen LogP contribution < -0.4 is 5.56 Å². The van der Waals surface area contributed by atoms with E-state index in [0.717, 1.165) is 46.5 Å². The summed E-state index contributed by atoms with van der Waals surface area (Å²) in [6.07, 6.45) is 5.86. The fourth-order valence-corrected chi connectivity index (χ4v) is 4.12. The van der Waals surface area contributed by atoms with Crippen LogP contribution >= 0.6 is 11.6 Å². The number of hydrogen-bond acceptors (Lipinski definition) is 5. The summed E-state index contributed by atoms with van der Waals surface area (Å²) < 4.78 is 3.87. The van der Waals surface area contributed by atoms with Crippen LogP contribution in [0.3, 0.4) is 0 Å². The van der Waals surface area contributed by atoms with E-state index < -0.39 is 0 Å². The van der Waals surface area contributed by atoms with Gasteiger partial charge >= 0.3 is 0 Å². The molecule has 1 aromatic carbocycles.